The molecule has 4 N–H and O–H groups in total. The second-order valence-corrected chi connectivity index (χ2v) is 5.03. The van der Waals surface area contributed by atoms with Crippen LogP contribution >= 0.6 is 0 Å². The summed E-state index contributed by atoms with van der Waals surface area (Å²) in [5.74, 6) is -0.0586. The lowest BCUT2D eigenvalue weighted by Crippen LogP contribution is -2.49. The summed E-state index contributed by atoms with van der Waals surface area (Å²) in [6.07, 6.45) is 3.37. The highest BCUT2D eigenvalue weighted by molar-refractivity contribution is 5.84. The van der Waals surface area contributed by atoms with Gasteiger partial charge in [0, 0.05) is 11.8 Å². The zero-order valence-corrected chi connectivity index (χ0v) is 10.6. The summed E-state index contributed by atoms with van der Waals surface area (Å²) in [7, 11) is 0. The summed E-state index contributed by atoms with van der Waals surface area (Å²) in [5.41, 5.74) is 5.13. The molecule has 0 aromatic heterocycles. The Morgan fingerprint density at radius 3 is 1.39 bits per heavy atom. The fraction of sp³-hybridized carbons (Fsp3) is 0.833. The Morgan fingerprint density at radius 1 is 0.722 bits per heavy atom. The molecule has 0 atom stereocenters. The average Bonchev–Trinajstić information content (AvgIpc) is 2.46. The third-order valence-corrected chi connectivity index (χ3v) is 3.73. The predicted molar refractivity (Wildman–Crippen MR) is 67.5 cm³/mol. The summed E-state index contributed by atoms with van der Waals surface area (Å²) in [6, 6.07) is 0. The zero-order chi connectivity index (χ0) is 12.8. The van der Waals surface area contributed by atoms with Crippen LogP contribution in [0.2, 0.25) is 0 Å². The zero-order valence-electron chi connectivity index (χ0n) is 10.6. The van der Waals surface area contributed by atoms with Crippen molar-refractivity contribution in [3.63, 3.8) is 0 Å². The van der Waals surface area contributed by atoms with Gasteiger partial charge in [-0.1, -0.05) is 0 Å². The van der Waals surface area contributed by atoms with Gasteiger partial charge in [0.2, 0.25) is 11.8 Å². The lowest BCUT2D eigenvalue weighted by Gasteiger charge is -2.24. The lowest BCUT2D eigenvalue weighted by atomic mass is 9.97. The van der Waals surface area contributed by atoms with Crippen LogP contribution in [0.25, 0.3) is 0 Å². The molecule has 0 radical (unpaired) electrons. The van der Waals surface area contributed by atoms with Crippen LogP contribution in [0, 0.1) is 11.8 Å². The molecule has 0 unspecified atom stereocenters. The molecule has 2 saturated heterocycles. The number of amides is 2. The topological polar surface area (TPSA) is 82.3 Å². The van der Waals surface area contributed by atoms with E-state index in [0.717, 1.165) is 51.9 Å². The quantitative estimate of drug-likeness (QED) is 0.483. The standard InChI is InChI=1S/C12H22N4O2/c17-11(9-1-5-13-6-2-9)15-16-12(18)10-3-7-14-8-4-10/h9-10,13-14H,1-8H2,(H,15,17)(H,16,18). The van der Waals surface area contributed by atoms with E-state index in [4.69, 9.17) is 0 Å². The molecule has 6 heteroatoms. The van der Waals surface area contributed by atoms with Gasteiger partial charge in [-0.05, 0) is 51.9 Å². The Kier molecular flexibility index (Phi) is 4.95. The van der Waals surface area contributed by atoms with Gasteiger partial charge in [-0.3, -0.25) is 20.4 Å². The van der Waals surface area contributed by atoms with Gasteiger partial charge in [-0.15, -0.1) is 0 Å². The first-order chi connectivity index (χ1) is 8.77. The number of rotatable bonds is 2. The van der Waals surface area contributed by atoms with E-state index in [-0.39, 0.29) is 23.7 Å². The minimum atomic E-state index is -0.0567. The van der Waals surface area contributed by atoms with Gasteiger partial charge in [0.25, 0.3) is 0 Å². The molecule has 2 rings (SSSR count). The molecule has 18 heavy (non-hydrogen) atoms. The van der Waals surface area contributed by atoms with E-state index < -0.39 is 0 Å². The summed E-state index contributed by atoms with van der Waals surface area (Å²) < 4.78 is 0. The predicted octanol–water partition coefficient (Wildman–Crippen LogP) is -0.867. The molecule has 0 bridgehead atoms. The number of hydrogen-bond donors (Lipinski definition) is 4. The minimum absolute atomic E-state index is 0.0274. The van der Waals surface area contributed by atoms with Crippen LogP contribution in [0.15, 0.2) is 0 Å². The Hall–Kier alpha value is -1.14. The van der Waals surface area contributed by atoms with Crippen LogP contribution in [-0.4, -0.2) is 38.0 Å². The van der Waals surface area contributed by atoms with Crippen molar-refractivity contribution in [3.05, 3.63) is 0 Å². The largest absolute Gasteiger partial charge is 0.317 e. The molecular formula is C12H22N4O2. The fourth-order valence-corrected chi connectivity index (χ4v) is 2.50. The summed E-state index contributed by atoms with van der Waals surface area (Å²) in [6.45, 7) is 3.50. The number of hydrazine groups is 1. The maximum absolute atomic E-state index is 11.8. The monoisotopic (exact) mass is 254 g/mol. The molecule has 2 heterocycles. The third kappa shape index (κ3) is 3.68. The molecular weight excluding hydrogens is 232 g/mol. The van der Waals surface area contributed by atoms with Crippen molar-refractivity contribution in [1.82, 2.24) is 21.5 Å². The molecule has 2 aliphatic rings. The highest BCUT2D eigenvalue weighted by atomic mass is 16.2. The molecule has 0 saturated carbocycles. The normalized spacial score (nSPS) is 22.4. The molecule has 2 amide bonds. The van der Waals surface area contributed by atoms with Crippen molar-refractivity contribution in [2.24, 2.45) is 11.8 Å². The van der Waals surface area contributed by atoms with Gasteiger partial charge in [-0.2, -0.15) is 0 Å². The first kappa shape index (κ1) is 13.3. The van der Waals surface area contributed by atoms with Gasteiger partial charge < -0.3 is 10.6 Å². The molecule has 0 aromatic rings. The second kappa shape index (κ2) is 6.70. The van der Waals surface area contributed by atoms with Crippen molar-refractivity contribution in [2.45, 2.75) is 25.7 Å². The summed E-state index contributed by atoms with van der Waals surface area (Å²) >= 11 is 0. The molecule has 0 spiro atoms. The Bertz CT molecular complexity index is 266. The maximum Gasteiger partial charge on any atom is 0.241 e. The summed E-state index contributed by atoms with van der Waals surface area (Å²) in [5, 5.41) is 6.42. The van der Waals surface area contributed by atoms with E-state index in [1.54, 1.807) is 0 Å². The maximum atomic E-state index is 11.8. The second-order valence-electron chi connectivity index (χ2n) is 5.03. The smallest absolute Gasteiger partial charge is 0.241 e. The molecule has 102 valence electrons. The number of carbonyl (C=O) groups is 2. The molecule has 0 aromatic carbocycles. The molecule has 6 nitrogen and oxygen atoms in total. The molecule has 2 aliphatic heterocycles. The first-order valence-corrected chi connectivity index (χ1v) is 6.78. The van der Waals surface area contributed by atoms with Crippen LogP contribution in [0.5, 0.6) is 0 Å². The SMILES string of the molecule is O=C(NNC(=O)C1CCNCC1)C1CCNCC1. The van der Waals surface area contributed by atoms with Crippen LogP contribution < -0.4 is 21.5 Å². The van der Waals surface area contributed by atoms with E-state index >= 15 is 0 Å². The van der Waals surface area contributed by atoms with Crippen molar-refractivity contribution in [2.75, 3.05) is 26.2 Å². The highest BCUT2D eigenvalue weighted by Gasteiger charge is 2.24. The van der Waals surface area contributed by atoms with Crippen LogP contribution in [0.1, 0.15) is 25.7 Å². The Labute approximate surface area is 107 Å². The van der Waals surface area contributed by atoms with E-state index in [1.165, 1.54) is 0 Å². The minimum Gasteiger partial charge on any atom is -0.317 e. The lowest BCUT2D eigenvalue weighted by molar-refractivity contribution is -0.133. The van der Waals surface area contributed by atoms with Crippen molar-refractivity contribution >= 4 is 11.8 Å². The van der Waals surface area contributed by atoms with E-state index in [9.17, 15) is 9.59 Å². The number of hydrogen-bond acceptors (Lipinski definition) is 4. The number of piperidine rings is 2. The van der Waals surface area contributed by atoms with Crippen molar-refractivity contribution < 1.29 is 9.59 Å². The van der Waals surface area contributed by atoms with Gasteiger partial charge in [0.05, 0.1) is 0 Å². The van der Waals surface area contributed by atoms with Gasteiger partial charge in [-0.25, -0.2) is 0 Å². The van der Waals surface area contributed by atoms with E-state index in [0.29, 0.717) is 0 Å². The van der Waals surface area contributed by atoms with Crippen LogP contribution in [-0.2, 0) is 9.59 Å². The van der Waals surface area contributed by atoms with E-state index in [1.807, 2.05) is 0 Å². The van der Waals surface area contributed by atoms with Gasteiger partial charge >= 0.3 is 0 Å². The molecule has 2 fully saturated rings. The van der Waals surface area contributed by atoms with Crippen molar-refractivity contribution in [3.8, 4) is 0 Å². The third-order valence-electron chi connectivity index (χ3n) is 3.73. The van der Waals surface area contributed by atoms with Crippen LogP contribution in [0.3, 0.4) is 0 Å². The van der Waals surface area contributed by atoms with Gasteiger partial charge in [0.1, 0.15) is 0 Å². The van der Waals surface area contributed by atoms with E-state index in [2.05, 4.69) is 21.5 Å². The highest BCUT2D eigenvalue weighted by Crippen LogP contribution is 2.12. The van der Waals surface area contributed by atoms with Crippen molar-refractivity contribution in [1.29, 1.82) is 0 Å². The number of carbonyl (C=O) groups excluding carboxylic acids is 2. The summed E-state index contributed by atoms with van der Waals surface area (Å²) in [4.78, 5) is 23.6. The first-order valence-electron chi connectivity index (χ1n) is 6.78. The van der Waals surface area contributed by atoms with Gasteiger partial charge in [0.15, 0.2) is 0 Å². The average molecular weight is 254 g/mol. The Balaban J connectivity index is 1.69. The number of nitrogens with one attached hydrogen (secondary N) is 4. The fourth-order valence-electron chi connectivity index (χ4n) is 2.50. The van der Waals surface area contributed by atoms with Crippen LogP contribution in [0.4, 0.5) is 0 Å². The molecule has 0 aliphatic carbocycles. The Morgan fingerprint density at radius 2 is 1.06 bits per heavy atom.